The summed E-state index contributed by atoms with van der Waals surface area (Å²) >= 11 is 7.14. The molecule has 0 bridgehead atoms. The molecule has 0 aliphatic heterocycles. The van der Waals surface area contributed by atoms with Gasteiger partial charge in [-0.1, -0.05) is 27.5 Å². The van der Waals surface area contributed by atoms with Gasteiger partial charge in [0.05, 0.1) is 9.85 Å². The number of carbonyl (C=O) groups excluding carboxylic acids is 1. The Balaban J connectivity index is 2.43. The van der Waals surface area contributed by atoms with Crippen LogP contribution in [0, 0.1) is 5.82 Å². The second kappa shape index (κ2) is 8.96. The lowest BCUT2D eigenvalue weighted by Crippen LogP contribution is -2.18. The van der Waals surface area contributed by atoms with Crippen LogP contribution in [-0.2, 0) is 16.1 Å². The predicted molar refractivity (Wildman–Crippen MR) is 97.1 cm³/mol. The average molecular weight is 471 g/mol. The van der Waals surface area contributed by atoms with Crippen LogP contribution in [0.1, 0.15) is 23.9 Å². The lowest BCUT2D eigenvalue weighted by molar-refractivity contribution is -0.132. The summed E-state index contributed by atoms with van der Waals surface area (Å²) in [5.41, 5.74) is 0.208. The van der Waals surface area contributed by atoms with Gasteiger partial charge in [-0.05, 0) is 24.6 Å². The largest absolute Gasteiger partial charge is 0.502 e. The Labute approximate surface area is 164 Å². The quantitative estimate of drug-likeness (QED) is 0.321. The van der Waals surface area contributed by atoms with E-state index in [0.29, 0.717) is 0 Å². The maximum absolute atomic E-state index is 13.2. The third-order valence-electron chi connectivity index (χ3n) is 3.20. The molecule has 0 amide bonds. The summed E-state index contributed by atoms with van der Waals surface area (Å²) in [6, 6.07) is 3.51. The van der Waals surface area contributed by atoms with E-state index >= 15 is 0 Å². The highest BCUT2D eigenvalue weighted by molar-refractivity contribution is 9.09. The highest BCUT2D eigenvalue weighted by Crippen LogP contribution is 2.49. The number of nitrogens with one attached hydrogen (secondary N) is 1. The molecule has 2 aromatic rings. The minimum Gasteiger partial charge on any atom is -0.502 e. The van der Waals surface area contributed by atoms with Crippen molar-refractivity contribution in [2.24, 2.45) is 0 Å². The van der Waals surface area contributed by atoms with Crippen molar-refractivity contribution in [3.8, 4) is 22.8 Å². The number of alkyl halides is 1. The molecule has 0 aliphatic carbocycles. The van der Waals surface area contributed by atoms with Crippen LogP contribution in [-0.4, -0.2) is 26.4 Å². The van der Waals surface area contributed by atoms with Gasteiger partial charge in [-0.3, -0.25) is 9.35 Å². The van der Waals surface area contributed by atoms with Gasteiger partial charge in [0.15, 0.2) is 11.5 Å². The Morgan fingerprint density at radius 3 is 2.81 bits per heavy atom. The van der Waals surface area contributed by atoms with Crippen molar-refractivity contribution >= 4 is 44.8 Å². The van der Waals surface area contributed by atoms with Crippen LogP contribution in [0.3, 0.4) is 0 Å². The number of hydrogen-bond donors (Lipinski definition) is 3. The fraction of sp³-hybridized carbons (Fsp3) is 0.267. The molecule has 26 heavy (non-hydrogen) atoms. The van der Waals surface area contributed by atoms with Gasteiger partial charge in [-0.25, -0.2) is 13.3 Å². The van der Waals surface area contributed by atoms with Crippen LogP contribution in [0.15, 0.2) is 22.6 Å². The Kier molecular flexibility index (Phi) is 7.18. The normalized spacial score (nSPS) is 13.4. The van der Waals surface area contributed by atoms with E-state index in [9.17, 15) is 18.5 Å². The van der Waals surface area contributed by atoms with E-state index in [0.717, 1.165) is 19.1 Å². The predicted octanol–water partition coefficient (Wildman–Crippen LogP) is 3.92. The monoisotopic (exact) mass is 469 g/mol. The summed E-state index contributed by atoms with van der Waals surface area (Å²) in [4.78, 5) is 10.8. The lowest BCUT2D eigenvalue weighted by Gasteiger charge is -2.08. The van der Waals surface area contributed by atoms with Gasteiger partial charge in [-0.15, -0.1) is 0 Å². The standard InChI is InChI=1S/C15H14BrClFNO6S/c1-7(20)24-15-12(21)13(9-3-2-8(18)6-11(9)17)25-14(15)10(16)4-5-19-26(22)23/h2-3,6,10,19,21H,4-5H2,1H3,(H,22,23). The third kappa shape index (κ3) is 5.04. The average Bonchev–Trinajstić information content (AvgIpc) is 2.84. The lowest BCUT2D eigenvalue weighted by atomic mass is 10.1. The van der Waals surface area contributed by atoms with Gasteiger partial charge >= 0.3 is 5.97 Å². The minimum atomic E-state index is -2.18. The summed E-state index contributed by atoms with van der Waals surface area (Å²) in [5, 5.41) is 10.4. The first-order valence-corrected chi connectivity index (χ1v) is 9.58. The maximum atomic E-state index is 13.2. The number of esters is 1. The molecule has 3 N–H and O–H groups in total. The molecule has 1 heterocycles. The zero-order valence-corrected chi connectivity index (χ0v) is 16.5. The molecule has 0 saturated heterocycles. The van der Waals surface area contributed by atoms with Crippen molar-refractivity contribution in [2.75, 3.05) is 6.54 Å². The molecule has 0 aliphatic rings. The molecule has 1 aromatic carbocycles. The van der Waals surface area contributed by atoms with Gasteiger partial charge in [0.1, 0.15) is 5.82 Å². The fourth-order valence-corrected chi connectivity index (χ4v) is 3.21. The number of carbonyl (C=O) groups is 1. The molecule has 7 nitrogen and oxygen atoms in total. The van der Waals surface area contributed by atoms with E-state index in [4.69, 9.17) is 25.3 Å². The van der Waals surface area contributed by atoms with Crippen molar-refractivity contribution in [3.05, 3.63) is 34.8 Å². The van der Waals surface area contributed by atoms with Gasteiger partial charge in [0.25, 0.3) is 0 Å². The van der Waals surface area contributed by atoms with Gasteiger partial charge in [-0.2, -0.15) is 0 Å². The second-order valence-corrected chi connectivity index (χ2v) is 7.39. The minimum absolute atomic E-state index is 0.00144. The Bertz CT molecular complexity index is 846. The second-order valence-electron chi connectivity index (χ2n) is 5.09. The summed E-state index contributed by atoms with van der Waals surface area (Å²) in [5.74, 6) is -1.94. The smallest absolute Gasteiger partial charge is 0.308 e. The summed E-state index contributed by atoms with van der Waals surface area (Å²) < 4.78 is 45.6. The fourth-order valence-electron chi connectivity index (χ4n) is 2.13. The zero-order chi connectivity index (χ0) is 19.4. The molecule has 142 valence electrons. The first-order valence-electron chi connectivity index (χ1n) is 7.18. The number of benzene rings is 1. The molecular formula is C15H14BrClFNO6S. The topological polar surface area (TPSA) is 109 Å². The van der Waals surface area contributed by atoms with Gasteiger partial charge in [0, 0.05) is 19.0 Å². The molecule has 2 rings (SSSR count). The van der Waals surface area contributed by atoms with Crippen LogP contribution >= 0.6 is 27.5 Å². The summed E-state index contributed by atoms with van der Waals surface area (Å²) in [6.07, 6.45) is 0.268. The molecule has 2 atom stereocenters. The van der Waals surface area contributed by atoms with E-state index in [-0.39, 0.29) is 40.8 Å². The Morgan fingerprint density at radius 2 is 2.23 bits per heavy atom. The van der Waals surface area contributed by atoms with Crippen LogP contribution in [0.25, 0.3) is 11.3 Å². The molecule has 1 aromatic heterocycles. The highest BCUT2D eigenvalue weighted by atomic mass is 79.9. The number of ether oxygens (including phenoxy) is 1. The number of aromatic hydroxyl groups is 1. The molecule has 0 radical (unpaired) electrons. The van der Waals surface area contributed by atoms with Crippen LogP contribution < -0.4 is 9.46 Å². The number of rotatable bonds is 7. The SMILES string of the molecule is CC(=O)Oc1c(C(Br)CCNS(=O)O)oc(-c2ccc(F)cc2Cl)c1O. The van der Waals surface area contributed by atoms with E-state index < -0.39 is 33.6 Å². The zero-order valence-electron chi connectivity index (χ0n) is 13.3. The Morgan fingerprint density at radius 1 is 1.54 bits per heavy atom. The Hall–Kier alpha value is -1.46. The van der Waals surface area contributed by atoms with Crippen molar-refractivity contribution in [2.45, 2.75) is 18.2 Å². The number of hydrogen-bond acceptors (Lipinski definition) is 5. The summed E-state index contributed by atoms with van der Waals surface area (Å²) in [6.45, 7) is 1.28. The summed E-state index contributed by atoms with van der Waals surface area (Å²) in [7, 11) is 0. The van der Waals surface area contributed by atoms with Crippen molar-refractivity contribution in [3.63, 3.8) is 0 Å². The molecule has 2 unspecified atom stereocenters. The highest BCUT2D eigenvalue weighted by Gasteiger charge is 2.29. The van der Waals surface area contributed by atoms with Crippen molar-refractivity contribution < 1.29 is 32.2 Å². The van der Waals surface area contributed by atoms with E-state index in [1.165, 1.54) is 6.07 Å². The van der Waals surface area contributed by atoms with Crippen molar-refractivity contribution in [1.82, 2.24) is 4.72 Å². The van der Waals surface area contributed by atoms with Crippen LogP contribution in [0.5, 0.6) is 11.5 Å². The maximum Gasteiger partial charge on any atom is 0.308 e. The number of furan rings is 1. The van der Waals surface area contributed by atoms with E-state index in [1.54, 1.807) is 0 Å². The number of halogens is 3. The molecule has 0 fully saturated rings. The molecule has 0 spiro atoms. The first-order chi connectivity index (χ1) is 12.2. The van der Waals surface area contributed by atoms with Crippen molar-refractivity contribution in [1.29, 1.82) is 0 Å². The van der Waals surface area contributed by atoms with E-state index in [2.05, 4.69) is 20.7 Å². The molecule has 0 saturated carbocycles. The molecular weight excluding hydrogens is 457 g/mol. The van der Waals surface area contributed by atoms with Gasteiger partial charge in [0.2, 0.25) is 22.8 Å². The van der Waals surface area contributed by atoms with Gasteiger partial charge < -0.3 is 14.3 Å². The van der Waals surface area contributed by atoms with E-state index in [1.807, 2.05) is 0 Å². The van der Waals surface area contributed by atoms with Crippen LogP contribution in [0.2, 0.25) is 5.02 Å². The van der Waals surface area contributed by atoms with Crippen LogP contribution in [0.4, 0.5) is 4.39 Å². The molecule has 11 heteroatoms. The third-order valence-corrected chi connectivity index (χ3v) is 4.83. The first kappa shape index (κ1) is 20.8.